The van der Waals surface area contributed by atoms with Gasteiger partial charge in [-0.25, -0.2) is 10.4 Å². The van der Waals surface area contributed by atoms with Gasteiger partial charge in [0.15, 0.2) is 0 Å². The molecule has 41 heavy (non-hydrogen) atoms. The van der Waals surface area contributed by atoms with Crippen molar-refractivity contribution in [3.05, 3.63) is 101 Å². The van der Waals surface area contributed by atoms with Crippen LogP contribution in [0.4, 0.5) is 0 Å². The summed E-state index contributed by atoms with van der Waals surface area (Å²) in [6.07, 6.45) is 5.38. The van der Waals surface area contributed by atoms with Crippen molar-refractivity contribution in [3.8, 4) is 34.2 Å². The number of rotatable bonds is 7. The van der Waals surface area contributed by atoms with Crippen LogP contribution in [-0.2, 0) is 17.6 Å². The summed E-state index contributed by atoms with van der Waals surface area (Å²) >= 11 is 1.19. The van der Waals surface area contributed by atoms with Gasteiger partial charge in [0.05, 0.1) is 23.2 Å². The van der Waals surface area contributed by atoms with Crippen molar-refractivity contribution in [3.63, 3.8) is 0 Å². The van der Waals surface area contributed by atoms with Crippen molar-refractivity contribution < 1.29 is 14.3 Å². The van der Waals surface area contributed by atoms with Crippen LogP contribution in [0.2, 0.25) is 0 Å². The number of hydrogen-bond donors (Lipinski definition) is 2. The maximum atomic E-state index is 12.8. The summed E-state index contributed by atoms with van der Waals surface area (Å²) < 4.78 is 6.01. The Hall–Kier alpha value is -4.87. The van der Waals surface area contributed by atoms with Gasteiger partial charge in [-0.1, -0.05) is 72.4 Å². The van der Waals surface area contributed by atoms with Gasteiger partial charge < -0.3 is 9.52 Å². The van der Waals surface area contributed by atoms with Crippen molar-refractivity contribution in [1.82, 2.24) is 10.4 Å². The molecule has 1 amide bonds. The number of fused-ring (bicyclic) bond motifs is 3. The molecule has 0 saturated carbocycles. The Labute approximate surface area is 241 Å². The predicted molar refractivity (Wildman–Crippen MR) is 161 cm³/mol. The van der Waals surface area contributed by atoms with E-state index in [4.69, 9.17) is 9.40 Å². The van der Waals surface area contributed by atoms with Gasteiger partial charge in [0, 0.05) is 34.1 Å². The molecule has 2 heterocycles. The molecule has 0 spiro atoms. The van der Waals surface area contributed by atoms with Gasteiger partial charge in [0.1, 0.15) is 28.2 Å². The molecule has 202 valence electrons. The zero-order valence-corrected chi connectivity index (χ0v) is 22.9. The summed E-state index contributed by atoms with van der Waals surface area (Å²) in [6.45, 7) is 0. The Bertz CT molecular complexity index is 1810. The first kappa shape index (κ1) is 26.4. The lowest BCUT2D eigenvalue weighted by molar-refractivity contribution is -0.118. The molecule has 1 aliphatic carbocycles. The summed E-state index contributed by atoms with van der Waals surface area (Å²) in [5.41, 5.74) is 8.60. The average molecular weight is 559 g/mol. The maximum Gasteiger partial charge on any atom is 0.250 e. The SMILES string of the molecule is N#Cc1c(-c2ccccc2)cc(-c2ccccc2)nc1SCC(=O)N/N=C\c1c(O)ccc2oc3c(c12)CCCC3. The van der Waals surface area contributed by atoms with Crippen molar-refractivity contribution in [1.29, 1.82) is 5.26 Å². The van der Waals surface area contributed by atoms with Crippen LogP contribution in [0.5, 0.6) is 5.75 Å². The quantitative estimate of drug-likeness (QED) is 0.128. The molecule has 8 heteroatoms. The summed E-state index contributed by atoms with van der Waals surface area (Å²) in [7, 11) is 0. The van der Waals surface area contributed by atoms with E-state index in [9.17, 15) is 15.2 Å². The lowest BCUT2D eigenvalue weighted by atomic mass is 9.94. The topological polar surface area (TPSA) is 112 Å². The number of hydrazone groups is 1. The Morgan fingerprint density at radius 3 is 2.54 bits per heavy atom. The number of benzene rings is 3. The highest BCUT2D eigenvalue weighted by Gasteiger charge is 2.21. The lowest BCUT2D eigenvalue weighted by Gasteiger charge is -2.12. The van der Waals surface area contributed by atoms with Gasteiger partial charge in [0.2, 0.25) is 5.91 Å². The van der Waals surface area contributed by atoms with Gasteiger partial charge in [-0.05, 0) is 43.0 Å². The molecule has 1 aliphatic rings. The number of nitriles is 1. The molecule has 0 bridgehead atoms. The van der Waals surface area contributed by atoms with Crippen molar-refractivity contribution in [2.75, 3.05) is 5.75 Å². The number of carbonyl (C=O) groups is 1. The number of furan rings is 1. The molecule has 7 nitrogen and oxygen atoms in total. The fraction of sp³-hybridized carbons (Fsp3) is 0.152. The maximum absolute atomic E-state index is 12.8. The molecule has 0 aliphatic heterocycles. The number of nitrogens with one attached hydrogen (secondary N) is 1. The van der Waals surface area contributed by atoms with Crippen LogP contribution < -0.4 is 5.43 Å². The van der Waals surface area contributed by atoms with Crippen molar-refractivity contribution in [2.24, 2.45) is 5.10 Å². The lowest BCUT2D eigenvalue weighted by Crippen LogP contribution is -2.20. The number of aromatic nitrogens is 1. The van der Waals surface area contributed by atoms with Gasteiger partial charge in [-0.2, -0.15) is 10.4 Å². The van der Waals surface area contributed by atoms with E-state index in [-0.39, 0.29) is 17.4 Å². The van der Waals surface area contributed by atoms with Crippen LogP contribution in [0, 0.1) is 11.3 Å². The Kier molecular flexibility index (Phi) is 7.52. The van der Waals surface area contributed by atoms with Crippen molar-refractivity contribution >= 4 is 34.9 Å². The van der Waals surface area contributed by atoms with Crippen LogP contribution in [-0.4, -0.2) is 28.0 Å². The van der Waals surface area contributed by atoms with E-state index in [1.54, 1.807) is 12.1 Å². The Morgan fingerprint density at radius 2 is 1.78 bits per heavy atom. The third kappa shape index (κ3) is 5.45. The second-order valence-electron chi connectivity index (χ2n) is 9.74. The zero-order valence-electron chi connectivity index (χ0n) is 22.1. The largest absolute Gasteiger partial charge is 0.507 e. The number of phenols is 1. The molecule has 0 fully saturated rings. The zero-order chi connectivity index (χ0) is 28.2. The van der Waals surface area contributed by atoms with E-state index >= 15 is 0 Å². The van der Waals surface area contributed by atoms with E-state index in [0.29, 0.717) is 21.7 Å². The molecule has 3 aromatic carbocycles. The minimum absolute atomic E-state index is 0.00276. The third-order valence-corrected chi connectivity index (χ3v) is 8.09. The molecule has 0 unspecified atom stereocenters. The van der Waals surface area contributed by atoms with Crippen molar-refractivity contribution in [2.45, 2.75) is 30.7 Å². The Balaban J connectivity index is 1.24. The third-order valence-electron chi connectivity index (χ3n) is 7.11. The van der Waals surface area contributed by atoms with Crippen LogP contribution in [0.25, 0.3) is 33.4 Å². The molecule has 6 rings (SSSR count). The summed E-state index contributed by atoms with van der Waals surface area (Å²) in [4.78, 5) is 17.6. The van der Waals surface area contributed by atoms with E-state index in [1.165, 1.54) is 18.0 Å². The number of phenolic OH excluding ortho intramolecular Hbond substituents is 1. The van der Waals surface area contributed by atoms with Crippen LogP contribution in [0.1, 0.15) is 35.3 Å². The molecule has 0 radical (unpaired) electrons. The summed E-state index contributed by atoms with van der Waals surface area (Å²) in [6, 6.07) is 27.0. The van der Waals surface area contributed by atoms with E-state index in [0.717, 1.165) is 64.8 Å². The first-order valence-corrected chi connectivity index (χ1v) is 14.4. The van der Waals surface area contributed by atoms with E-state index in [1.807, 2.05) is 66.7 Å². The predicted octanol–water partition coefficient (Wildman–Crippen LogP) is 6.86. The number of pyridine rings is 1. The molecule has 5 aromatic rings. The molecule has 0 atom stereocenters. The normalized spacial score (nSPS) is 12.8. The number of hydrogen-bond acceptors (Lipinski definition) is 7. The van der Waals surface area contributed by atoms with Gasteiger partial charge in [-0.15, -0.1) is 0 Å². The summed E-state index contributed by atoms with van der Waals surface area (Å²) in [5.74, 6) is 0.681. The number of aromatic hydroxyl groups is 1. The fourth-order valence-corrected chi connectivity index (χ4v) is 5.97. The molecular formula is C33H26N4O3S. The number of amides is 1. The number of carbonyl (C=O) groups excluding carboxylic acids is 1. The molecular weight excluding hydrogens is 532 g/mol. The van der Waals surface area contributed by atoms with Crippen LogP contribution in [0.3, 0.4) is 0 Å². The van der Waals surface area contributed by atoms with E-state index < -0.39 is 0 Å². The highest BCUT2D eigenvalue weighted by molar-refractivity contribution is 8.00. The second-order valence-corrected chi connectivity index (χ2v) is 10.7. The first-order chi connectivity index (χ1) is 20.1. The minimum atomic E-state index is -0.357. The molecule has 0 saturated heterocycles. The van der Waals surface area contributed by atoms with Gasteiger partial charge in [0.25, 0.3) is 0 Å². The molecule has 2 N–H and O–H groups in total. The minimum Gasteiger partial charge on any atom is -0.507 e. The molecule has 2 aromatic heterocycles. The highest BCUT2D eigenvalue weighted by atomic mass is 32.2. The monoisotopic (exact) mass is 558 g/mol. The standard InChI is InChI=1S/C33H26N4O3S/c34-18-25-24(21-9-3-1-4-10-21)17-27(22-11-5-2-6-12-22)36-33(25)41-20-31(39)37-35-19-26-28(38)15-16-30-32(26)23-13-7-8-14-29(23)40-30/h1-6,9-12,15-17,19,38H,7-8,13-14,20H2,(H,37,39)/b35-19-. The van der Waals surface area contributed by atoms with Crippen LogP contribution >= 0.6 is 11.8 Å². The van der Waals surface area contributed by atoms with E-state index in [2.05, 4.69) is 16.6 Å². The van der Waals surface area contributed by atoms with Gasteiger partial charge in [-0.3, -0.25) is 4.79 Å². The fourth-order valence-electron chi connectivity index (χ4n) is 5.17. The Morgan fingerprint density at radius 1 is 1.05 bits per heavy atom. The van der Waals surface area contributed by atoms with Crippen LogP contribution in [0.15, 0.2) is 93.4 Å². The smallest absolute Gasteiger partial charge is 0.250 e. The summed E-state index contributed by atoms with van der Waals surface area (Å²) in [5, 5.41) is 26.1. The first-order valence-electron chi connectivity index (χ1n) is 13.4. The number of nitrogens with zero attached hydrogens (tertiary/aromatic N) is 3. The van der Waals surface area contributed by atoms with Gasteiger partial charge >= 0.3 is 0 Å². The second kappa shape index (κ2) is 11.7. The average Bonchev–Trinajstić information content (AvgIpc) is 3.40. The number of aryl methyl sites for hydroxylation is 2. The number of thioether (sulfide) groups is 1. The highest BCUT2D eigenvalue weighted by Crippen LogP contribution is 2.37.